The molecular formula is C9H15N3O3. The minimum absolute atomic E-state index is 0.249. The fraction of sp³-hybridized carbons (Fsp3) is 0.444. The first-order chi connectivity index (χ1) is 7.19. The highest BCUT2D eigenvalue weighted by Crippen LogP contribution is 2.03. The van der Waals surface area contributed by atoms with Gasteiger partial charge in [-0.2, -0.15) is 0 Å². The Labute approximate surface area is 88.2 Å². The molecule has 0 spiro atoms. The van der Waals surface area contributed by atoms with Crippen molar-refractivity contribution in [2.75, 3.05) is 14.2 Å². The fourth-order valence-corrected chi connectivity index (χ4v) is 1.000. The standard InChI is InChI=1S/C9H15N3O3/c1-11-5-7(4-10)3-8(12-6-13)9(14)15-2/h4-6,8H,3,10H2,1-2H3,(H,12,13)/b7-4-,11-5?. The van der Waals surface area contributed by atoms with Gasteiger partial charge in [-0.15, -0.1) is 0 Å². The molecule has 0 heterocycles. The zero-order valence-electron chi connectivity index (χ0n) is 8.77. The van der Waals surface area contributed by atoms with Gasteiger partial charge in [0.05, 0.1) is 7.11 Å². The van der Waals surface area contributed by atoms with Crippen LogP contribution < -0.4 is 11.1 Å². The molecule has 1 atom stereocenters. The van der Waals surface area contributed by atoms with Crippen molar-refractivity contribution in [3.63, 3.8) is 0 Å². The summed E-state index contributed by atoms with van der Waals surface area (Å²) in [5.74, 6) is -0.522. The van der Waals surface area contributed by atoms with Gasteiger partial charge in [-0.1, -0.05) is 0 Å². The van der Waals surface area contributed by atoms with E-state index in [1.165, 1.54) is 19.5 Å². The zero-order chi connectivity index (χ0) is 11.7. The molecule has 0 aromatic heterocycles. The van der Waals surface area contributed by atoms with Crippen LogP contribution in [0.5, 0.6) is 0 Å². The zero-order valence-corrected chi connectivity index (χ0v) is 8.77. The average molecular weight is 213 g/mol. The van der Waals surface area contributed by atoms with Gasteiger partial charge < -0.3 is 15.8 Å². The molecule has 6 nitrogen and oxygen atoms in total. The molecule has 84 valence electrons. The van der Waals surface area contributed by atoms with Crippen LogP contribution in [0.15, 0.2) is 16.8 Å². The Hall–Kier alpha value is -1.85. The summed E-state index contributed by atoms with van der Waals surface area (Å²) in [6, 6.07) is -0.736. The molecule has 0 aromatic rings. The number of aliphatic imine (C=N–C) groups is 1. The molecule has 0 saturated carbocycles. The summed E-state index contributed by atoms with van der Waals surface area (Å²) in [5.41, 5.74) is 5.96. The van der Waals surface area contributed by atoms with Gasteiger partial charge in [-0.05, 0) is 11.8 Å². The number of rotatable bonds is 6. The highest BCUT2D eigenvalue weighted by molar-refractivity contribution is 5.83. The highest BCUT2D eigenvalue weighted by Gasteiger charge is 2.18. The first kappa shape index (κ1) is 13.2. The third kappa shape index (κ3) is 4.80. The number of hydrogen-bond donors (Lipinski definition) is 2. The van der Waals surface area contributed by atoms with Crippen molar-refractivity contribution in [2.24, 2.45) is 10.7 Å². The van der Waals surface area contributed by atoms with Crippen LogP contribution in [0.25, 0.3) is 0 Å². The Kier molecular flexibility index (Phi) is 6.61. The van der Waals surface area contributed by atoms with Crippen molar-refractivity contribution in [2.45, 2.75) is 12.5 Å². The van der Waals surface area contributed by atoms with E-state index in [-0.39, 0.29) is 6.42 Å². The molecule has 0 fully saturated rings. The quantitative estimate of drug-likeness (QED) is 0.343. The molecule has 0 saturated heterocycles. The van der Waals surface area contributed by atoms with Crippen LogP contribution >= 0.6 is 0 Å². The van der Waals surface area contributed by atoms with E-state index >= 15 is 0 Å². The number of hydrogen-bond acceptors (Lipinski definition) is 5. The molecule has 0 aromatic carbocycles. The van der Waals surface area contributed by atoms with Crippen molar-refractivity contribution in [3.05, 3.63) is 11.8 Å². The summed E-state index contributed by atoms with van der Waals surface area (Å²) in [6.07, 6.45) is 3.54. The maximum atomic E-state index is 11.2. The fourth-order valence-electron chi connectivity index (χ4n) is 1.000. The third-order valence-electron chi connectivity index (χ3n) is 1.70. The largest absolute Gasteiger partial charge is 0.467 e. The van der Waals surface area contributed by atoms with Crippen LogP contribution in [-0.4, -0.2) is 38.8 Å². The molecule has 0 aliphatic heterocycles. The monoisotopic (exact) mass is 213 g/mol. The van der Waals surface area contributed by atoms with Gasteiger partial charge in [-0.3, -0.25) is 9.79 Å². The second-order valence-corrected chi connectivity index (χ2v) is 2.69. The Balaban J connectivity index is 4.51. The maximum Gasteiger partial charge on any atom is 0.328 e. The van der Waals surface area contributed by atoms with E-state index in [4.69, 9.17) is 5.73 Å². The van der Waals surface area contributed by atoms with Crippen molar-refractivity contribution in [1.29, 1.82) is 0 Å². The number of amides is 1. The Morgan fingerprint density at radius 3 is 2.73 bits per heavy atom. The van der Waals surface area contributed by atoms with Crippen molar-refractivity contribution < 1.29 is 14.3 Å². The van der Waals surface area contributed by atoms with Crippen LogP contribution in [0.2, 0.25) is 0 Å². The molecular weight excluding hydrogens is 198 g/mol. The third-order valence-corrected chi connectivity index (χ3v) is 1.70. The Morgan fingerprint density at radius 2 is 2.33 bits per heavy atom. The molecule has 0 aliphatic rings. The highest BCUT2D eigenvalue weighted by atomic mass is 16.5. The molecule has 0 aliphatic carbocycles. The van der Waals surface area contributed by atoms with Crippen LogP contribution in [0.4, 0.5) is 0 Å². The van der Waals surface area contributed by atoms with Gasteiger partial charge in [0, 0.05) is 19.7 Å². The summed E-state index contributed by atoms with van der Waals surface area (Å²) in [6.45, 7) is 0. The molecule has 15 heavy (non-hydrogen) atoms. The van der Waals surface area contributed by atoms with Crippen molar-refractivity contribution in [1.82, 2.24) is 5.32 Å². The van der Waals surface area contributed by atoms with E-state index < -0.39 is 12.0 Å². The number of esters is 1. The van der Waals surface area contributed by atoms with E-state index in [9.17, 15) is 9.59 Å². The van der Waals surface area contributed by atoms with Gasteiger partial charge >= 0.3 is 5.97 Å². The molecule has 3 N–H and O–H groups in total. The van der Waals surface area contributed by atoms with Crippen LogP contribution in [0.1, 0.15) is 6.42 Å². The molecule has 1 unspecified atom stereocenters. The number of nitrogens with one attached hydrogen (secondary N) is 1. The summed E-state index contributed by atoms with van der Waals surface area (Å²) in [7, 11) is 2.84. The lowest BCUT2D eigenvalue weighted by molar-refractivity contribution is -0.143. The van der Waals surface area contributed by atoms with E-state index in [1.54, 1.807) is 7.05 Å². The molecule has 0 rings (SSSR count). The van der Waals surface area contributed by atoms with Crippen molar-refractivity contribution >= 4 is 18.6 Å². The van der Waals surface area contributed by atoms with Crippen LogP contribution in [0.3, 0.4) is 0 Å². The Morgan fingerprint density at radius 1 is 1.67 bits per heavy atom. The first-order valence-electron chi connectivity index (χ1n) is 4.30. The minimum atomic E-state index is -0.736. The number of ether oxygens (including phenoxy) is 1. The van der Waals surface area contributed by atoms with E-state index in [2.05, 4.69) is 15.0 Å². The predicted molar refractivity (Wildman–Crippen MR) is 56.3 cm³/mol. The predicted octanol–water partition coefficient (Wildman–Crippen LogP) is -0.793. The molecule has 0 bridgehead atoms. The van der Waals surface area contributed by atoms with Crippen molar-refractivity contribution in [3.8, 4) is 0 Å². The van der Waals surface area contributed by atoms with Gasteiger partial charge in [0.2, 0.25) is 6.41 Å². The smallest absolute Gasteiger partial charge is 0.328 e. The van der Waals surface area contributed by atoms with E-state index in [0.29, 0.717) is 12.0 Å². The van der Waals surface area contributed by atoms with Gasteiger partial charge in [-0.25, -0.2) is 4.79 Å². The lowest BCUT2D eigenvalue weighted by Crippen LogP contribution is -2.37. The minimum Gasteiger partial charge on any atom is -0.467 e. The number of carbonyl (C=O) groups is 2. The lowest BCUT2D eigenvalue weighted by atomic mass is 10.1. The summed E-state index contributed by atoms with van der Waals surface area (Å²) in [4.78, 5) is 25.2. The van der Waals surface area contributed by atoms with Gasteiger partial charge in [0.1, 0.15) is 6.04 Å². The number of carbonyl (C=O) groups excluding carboxylic acids is 2. The second kappa shape index (κ2) is 7.54. The van der Waals surface area contributed by atoms with Crippen LogP contribution in [-0.2, 0) is 14.3 Å². The summed E-state index contributed by atoms with van der Waals surface area (Å²) in [5, 5.41) is 2.34. The average Bonchev–Trinajstić information content (AvgIpc) is 2.26. The molecule has 6 heteroatoms. The second-order valence-electron chi connectivity index (χ2n) is 2.69. The topological polar surface area (TPSA) is 93.8 Å². The normalized spacial score (nSPS) is 13.6. The maximum absolute atomic E-state index is 11.2. The summed E-state index contributed by atoms with van der Waals surface area (Å²) < 4.78 is 4.52. The Bertz CT molecular complexity index is 274. The number of nitrogens with two attached hydrogens (primary N) is 1. The SMILES string of the molecule is CN=C/C(=C\N)CC(NC=O)C(=O)OC. The van der Waals surface area contributed by atoms with E-state index in [0.717, 1.165) is 0 Å². The summed E-state index contributed by atoms with van der Waals surface area (Å²) >= 11 is 0. The van der Waals surface area contributed by atoms with Crippen LogP contribution in [0, 0.1) is 0 Å². The molecule has 1 amide bonds. The number of nitrogens with zero attached hydrogens (tertiary/aromatic N) is 1. The molecule has 0 radical (unpaired) electrons. The number of methoxy groups -OCH3 is 1. The first-order valence-corrected chi connectivity index (χ1v) is 4.30. The van der Waals surface area contributed by atoms with E-state index in [1.807, 2.05) is 0 Å². The lowest BCUT2D eigenvalue weighted by Gasteiger charge is -2.13. The van der Waals surface area contributed by atoms with Gasteiger partial charge in [0.25, 0.3) is 0 Å². The van der Waals surface area contributed by atoms with Gasteiger partial charge in [0.15, 0.2) is 0 Å².